The van der Waals surface area contributed by atoms with Crippen molar-refractivity contribution < 1.29 is 75.0 Å². The standard InChI is InChI=1S/C40H26N2O19S5/c43-36(18-4-3-5-20(14-18)63(50,51)52)34-31-22-6-1-2-7-23(22)39(46)32-28(17-30(66(59,60)61)35(33(31)32)42-40(34)47)41-27-11-9-19(16-29(27)65(56,57)58)62(48,49)13-12-25-37(44)24-10-8-21(64(53,54)55)15-26(24)38(25)45/h1-11,14-17,25,41,43H,12-13H2,(H,50,51,52)(H,53,54,55)(H,56,57,58)(H,59,60,61). The highest BCUT2D eigenvalue weighted by atomic mass is 32.2. The number of benzene rings is 5. The molecule has 5 aromatic carbocycles. The van der Waals surface area contributed by atoms with E-state index in [1.807, 2.05) is 0 Å². The van der Waals surface area contributed by atoms with Gasteiger partial charge in [-0.25, -0.2) is 13.4 Å². The van der Waals surface area contributed by atoms with Gasteiger partial charge >= 0.3 is 0 Å². The second-order valence-electron chi connectivity index (χ2n) is 14.7. The molecule has 0 bridgehead atoms. The minimum Gasteiger partial charge on any atom is -0.506 e. The number of rotatable bonds is 11. The van der Waals surface area contributed by atoms with E-state index in [-0.39, 0.29) is 32.7 Å². The summed E-state index contributed by atoms with van der Waals surface area (Å²) in [4.78, 5) is 53.7. The van der Waals surface area contributed by atoms with Crippen molar-refractivity contribution in [3.8, 4) is 0 Å². The van der Waals surface area contributed by atoms with Crippen molar-refractivity contribution in [1.82, 2.24) is 4.98 Å². The van der Waals surface area contributed by atoms with Gasteiger partial charge in [-0.2, -0.15) is 33.7 Å². The van der Waals surface area contributed by atoms with E-state index in [9.17, 15) is 84.6 Å². The Morgan fingerprint density at radius 3 is 1.82 bits per heavy atom. The second kappa shape index (κ2) is 15.5. The number of sulfone groups is 1. The zero-order valence-corrected chi connectivity index (χ0v) is 36.7. The zero-order chi connectivity index (χ0) is 48.2. The number of nitrogens with zero attached hydrogens (tertiary/aromatic N) is 1. The van der Waals surface area contributed by atoms with Crippen LogP contribution >= 0.6 is 0 Å². The molecule has 0 spiro atoms. The Labute approximate surface area is 370 Å². The molecule has 1 aliphatic heterocycles. The first-order valence-corrected chi connectivity index (χ1v) is 25.8. The third-order valence-electron chi connectivity index (χ3n) is 10.8. The van der Waals surface area contributed by atoms with Crippen LogP contribution in [0.5, 0.6) is 0 Å². The van der Waals surface area contributed by atoms with Crippen molar-refractivity contribution in [2.45, 2.75) is 30.9 Å². The van der Waals surface area contributed by atoms with Crippen molar-refractivity contribution in [3.05, 3.63) is 144 Å². The number of ketones is 2. The lowest BCUT2D eigenvalue weighted by Crippen LogP contribution is -2.33. The first-order chi connectivity index (χ1) is 30.6. The van der Waals surface area contributed by atoms with Gasteiger partial charge < -0.3 is 10.4 Å². The molecule has 0 saturated heterocycles. The molecular weight excluding hydrogens is 973 g/mol. The number of nitrogens with one attached hydrogen (secondary N) is 1. The predicted molar refractivity (Wildman–Crippen MR) is 229 cm³/mol. The number of carbonyl (C=O) groups excluding carboxylic acids is 2. The van der Waals surface area contributed by atoms with E-state index in [0.717, 1.165) is 54.6 Å². The molecule has 0 saturated carbocycles. The molecule has 21 nitrogen and oxygen atoms in total. The first kappa shape index (κ1) is 45.9. The van der Waals surface area contributed by atoms with Gasteiger partial charge in [0.05, 0.1) is 53.9 Å². The van der Waals surface area contributed by atoms with Gasteiger partial charge in [0.25, 0.3) is 46.0 Å². The van der Waals surface area contributed by atoms with Crippen molar-refractivity contribution in [2.75, 3.05) is 11.1 Å². The average molecular weight is 999 g/mol. The van der Waals surface area contributed by atoms with Crippen LogP contribution in [0.2, 0.25) is 0 Å². The number of hydrogen-bond donors (Lipinski definition) is 6. The van der Waals surface area contributed by atoms with Gasteiger partial charge in [-0.15, -0.1) is 0 Å². The van der Waals surface area contributed by atoms with Gasteiger partial charge in [0.2, 0.25) is 0 Å². The molecule has 3 aliphatic rings. The van der Waals surface area contributed by atoms with Crippen LogP contribution in [0.3, 0.4) is 0 Å². The molecule has 0 aromatic heterocycles. The zero-order valence-electron chi connectivity index (χ0n) is 32.6. The third kappa shape index (κ3) is 7.86. The minimum absolute atomic E-state index is 0.105. The van der Waals surface area contributed by atoms with Gasteiger partial charge in [0.1, 0.15) is 15.6 Å². The number of carbonyl (C=O) groups is 2. The van der Waals surface area contributed by atoms with Crippen LogP contribution in [0.25, 0.3) is 27.4 Å². The third-order valence-corrected chi connectivity index (χ3v) is 16.0. The minimum atomic E-state index is -5.47. The fourth-order valence-corrected chi connectivity index (χ4v) is 11.6. The predicted octanol–water partition coefficient (Wildman–Crippen LogP) is 2.29. The largest absolute Gasteiger partial charge is 0.506 e. The van der Waals surface area contributed by atoms with E-state index in [2.05, 4.69) is 10.3 Å². The monoisotopic (exact) mass is 998 g/mol. The summed E-state index contributed by atoms with van der Waals surface area (Å²) >= 11 is 0. The van der Waals surface area contributed by atoms with Crippen molar-refractivity contribution in [3.63, 3.8) is 0 Å². The number of anilines is 2. The summed E-state index contributed by atoms with van der Waals surface area (Å²) < 4.78 is 166. The molecule has 8 rings (SSSR count). The fourth-order valence-electron chi connectivity index (χ4n) is 7.80. The van der Waals surface area contributed by atoms with E-state index >= 15 is 0 Å². The molecule has 1 atom stereocenters. The summed E-state index contributed by atoms with van der Waals surface area (Å²) in [6.45, 7) is 0. The number of aliphatic hydroxyl groups is 1. The van der Waals surface area contributed by atoms with Gasteiger partial charge in [0.15, 0.2) is 26.8 Å². The Morgan fingerprint density at radius 1 is 0.576 bits per heavy atom. The Hall–Kier alpha value is -6.62. The molecule has 0 amide bonds. The number of fused-ring (bicyclic) bond motifs is 3. The van der Waals surface area contributed by atoms with Gasteiger partial charge in [-0.1, -0.05) is 36.4 Å². The van der Waals surface area contributed by atoms with E-state index in [1.54, 1.807) is 0 Å². The van der Waals surface area contributed by atoms with Crippen LogP contribution < -0.4 is 21.5 Å². The molecule has 340 valence electrons. The molecule has 26 heteroatoms. The van der Waals surface area contributed by atoms with Crippen molar-refractivity contribution in [2.24, 2.45) is 5.92 Å². The van der Waals surface area contributed by atoms with Crippen molar-refractivity contribution in [1.29, 1.82) is 0 Å². The van der Waals surface area contributed by atoms with E-state index < -0.39 is 154 Å². The normalized spacial score (nSPS) is 15.4. The molecule has 0 radical (unpaired) electrons. The Bertz CT molecular complexity index is 4200. The molecule has 2 aliphatic carbocycles. The summed E-state index contributed by atoms with van der Waals surface area (Å²) in [5, 5.41) is 11.6. The lowest BCUT2D eigenvalue weighted by atomic mass is 9.96. The molecule has 0 fully saturated rings. The number of hydrogen-bond acceptors (Lipinski definition) is 17. The Morgan fingerprint density at radius 2 is 1.18 bits per heavy atom. The topological polar surface area (TPSA) is 365 Å². The highest BCUT2D eigenvalue weighted by Gasteiger charge is 2.40. The number of aromatic nitrogens is 1. The van der Waals surface area contributed by atoms with Crippen LogP contribution in [0.4, 0.5) is 11.4 Å². The molecule has 1 heterocycles. The van der Waals surface area contributed by atoms with Crippen LogP contribution in [-0.2, 0) is 50.3 Å². The maximum atomic E-state index is 14.4. The summed E-state index contributed by atoms with van der Waals surface area (Å²) in [7, 11) is -25.2. The Kier molecular flexibility index (Phi) is 10.8. The first-order valence-electron chi connectivity index (χ1n) is 18.4. The summed E-state index contributed by atoms with van der Waals surface area (Å²) in [5.74, 6) is -5.40. The highest BCUT2D eigenvalue weighted by Crippen LogP contribution is 2.36. The smallest absolute Gasteiger partial charge is 0.296 e. The SMILES string of the molecule is O=C1c2ccc(S(=O)(=O)O)cc2C(=O)C1CCS(=O)(=O)c1ccc(Nc2cc(S(=O)(=O)O)c3nc(=O)c(=C(O)c4cccc(S(=O)(=O)O)c4)c4c5ccccc5c(=O)c2c3=4)c(S(=O)(=O)O)c1. The summed E-state index contributed by atoms with van der Waals surface area (Å²) in [5.41, 5.74) is -5.47. The molecule has 5 aromatic rings. The maximum Gasteiger partial charge on any atom is 0.296 e. The van der Waals surface area contributed by atoms with Crippen LogP contribution in [0.15, 0.2) is 125 Å². The second-order valence-corrected chi connectivity index (χ2v) is 22.5. The Balaban J connectivity index is 1.31. The van der Waals surface area contributed by atoms with Crippen LogP contribution in [0.1, 0.15) is 32.7 Å². The molecule has 1 unspecified atom stereocenters. The van der Waals surface area contributed by atoms with Gasteiger partial charge in [-0.3, -0.25) is 37.4 Å². The summed E-state index contributed by atoms with van der Waals surface area (Å²) in [6, 6.07) is 14.6. The van der Waals surface area contributed by atoms with E-state index in [1.165, 1.54) is 24.3 Å². The summed E-state index contributed by atoms with van der Waals surface area (Å²) in [6.07, 6.45) is -0.693. The lowest BCUT2D eigenvalue weighted by Gasteiger charge is -2.17. The van der Waals surface area contributed by atoms with Crippen LogP contribution in [0, 0.1) is 16.4 Å². The highest BCUT2D eigenvalue weighted by molar-refractivity contribution is 7.91. The fraction of sp³-hybridized carbons (Fsp3) is 0.0750. The molecule has 6 N–H and O–H groups in total. The average Bonchev–Trinajstić information content (AvgIpc) is 3.47. The van der Waals surface area contributed by atoms with Gasteiger partial charge in [-0.05, 0) is 66.4 Å². The van der Waals surface area contributed by atoms with Crippen molar-refractivity contribution >= 4 is 101 Å². The molecular formula is C40H26N2O19S5. The van der Waals surface area contributed by atoms with E-state index in [4.69, 9.17) is 0 Å². The van der Waals surface area contributed by atoms with E-state index in [0.29, 0.717) is 12.1 Å². The lowest BCUT2D eigenvalue weighted by molar-refractivity contribution is 0.0836. The van der Waals surface area contributed by atoms with Crippen LogP contribution in [-0.4, -0.2) is 87.7 Å². The maximum absolute atomic E-state index is 14.4. The quantitative estimate of drug-likeness (QED) is 0.0799. The van der Waals surface area contributed by atoms with Gasteiger partial charge in [0, 0.05) is 32.5 Å². The number of aliphatic hydroxyl groups excluding tert-OH is 1. The number of Topliss-reactive ketones (excluding diaryl/α,β-unsaturated/α-hetero) is 2. The molecule has 66 heavy (non-hydrogen) atoms.